The van der Waals surface area contributed by atoms with Crippen molar-refractivity contribution in [2.75, 3.05) is 0 Å². The average Bonchev–Trinajstić information content (AvgIpc) is 2.12. The third-order valence-corrected chi connectivity index (χ3v) is 1.22. The van der Waals surface area contributed by atoms with E-state index in [0.29, 0.717) is 6.04 Å². The Hall–Kier alpha value is -0.720. The van der Waals surface area contributed by atoms with Gasteiger partial charge in [0.05, 0.1) is 0 Å². The number of aromatic nitrogens is 1. The zero-order chi connectivity index (χ0) is 5.98. The molecule has 1 heteroatoms. The molecule has 1 nitrogen and oxygen atoms in total. The predicted octanol–water partition coefficient (Wildman–Crippen LogP) is 2.07. The van der Waals surface area contributed by atoms with Gasteiger partial charge in [0.25, 0.3) is 0 Å². The number of nitrogens with zero attached hydrogens (tertiary/aromatic N) is 1. The minimum atomic E-state index is 0.602. The second kappa shape index (κ2) is 2.03. The molecule has 1 heterocycles. The van der Waals surface area contributed by atoms with Crippen molar-refractivity contribution in [1.82, 2.24) is 4.57 Å². The highest BCUT2D eigenvalue weighted by Gasteiger charge is 1.89. The zero-order valence-electron chi connectivity index (χ0n) is 5.33. The van der Waals surface area contributed by atoms with Crippen LogP contribution in [0.3, 0.4) is 0 Å². The molecule has 1 aromatic heterocycles. The van der Waals surface area contributed by atoms with Crippen molar-refractivity contribution in [2.45, 2.75) is 19.9 Å². The quantitative estimate of drug-likeness (QED) is 0.520. The molecule has 1 rings (SSSR count). The van der Waals surface area contributed by atoms with Gasteiger partial charge in [0.2, 0.25) is 0 Å². The molecule has 1 aromatic rings. The Labute approximate surface area is 49.9 Å². The van der Waals surface area contributed by atoms with E-state index >= 15 is 0 Å². The van der Waals surface area contributed by atoms with Crippen molar-refractivity contribution in [3.63, 3.8) is 0 Å². The van der Waals surface area contributed by atoms with Gasteiger partial charge in [-0.05, 0) is 26.0 Å². The number of rotatable bonds is 1. The van der Waals surface area contributed by atoms with Gasteiger partial charge in [-0.25, -0.2) is 0 Å². The van der Waals surface area contributed by atoms with E-state index in [1.54, 1.807) is 0 Å². The molecule has 0 unspecified atom stereocenters. The van der Waals surface area contributed by atoms with Crippen molar-refractivity contribution in [3.8, 4) is 0 Å². The van der Waals surface area contributed by atoms with E-state index < -0.39 is 0 Å². The molecule has 0 spiro atoms. The molecule has 0 aromatic carbocycles. The van der Waals surface area contributed by atoms with E-state index in [9.17, 15) is 0 Å². The predicted molar refractivity (Wildman–Crippen MR) is 34.8 cm³/mol. The monoisotopic (exact) mass is 109 g/mol. The summed E-state index contributed by atoms with van der Waals surface area (Å²) in [5.41, 5.74) is 0. The van der Waals surface area contributed by atoms with E-state index in [2.05, 4.69) is 30.8 Å². The van der Waals surface area contributed by atoms with E-state index in [0.717, 1.165) is 0 Å². The van der Waals surface area contributed by atoms with Crippen LogP contribution in [0.1, 0.15) is 19.9 Å². The fourth-order valence-corrected chi connectivity index (χ4v) is 0.692. The first-order chi connectivity index (χ1) is 3.80. The molecule has 0 saturated carbocycles. The van der Waals surface area contributed by atoms with Crippen LogP contribution in [0.25, 0.3) is 0 Å². The number of hydrogen-bond donors (Lipinski definition) is 0. The molecule has 0 aliphatic rings. The molecule has 0 atom stereocenters. The molecular formula is C7H11N. The largest absolute Gasteiger partial charge is 0.352 e. The normalized spacial score (nSPS) is 10.4. The summed E-state index contributed by atoms with van der Waals surface area (Å²) in [5.74, 6) is 0. The highest BCUT2D eigenvalue weighted by atomic mass is 15.0. The van der Waals surface area contributed by atoms with Crippen LogP contribution >= 0.6 is 0 Å². The first-order valence-electron chi connectivity index (χ1n) is 2.93. The molecule has 0 saturated heterocycles. The minimum absolute atomic E-state index is 0.602. The van der Waals surface area contributed by atoms with Crippen molar-refractivity contribution in [1.29, 1.82) is 0 Å². The van der Waals surface area contributed by atoms with Gasteiger partial charge in [0, 0.05) is 18.4 Å². The Morgan fingerprint density at radius 3 is 1.88 bits per heavy atom. The van der Waals surface area contributed by atoms with Crippen LogP contribution < -0.4 is 0 Å². The Kier molecular flexibility index (Phi) is 1.38. The summed E-state index contributed by atoms with van der Waals surface area (Å²) in [7, 11) is 0. The van der Waals surface area contributed by atoms with Gasteiger partial charge in [0.15, 0.2) is 0 Å². The second-order valence-electron chi connectivity index (χ2n) is 2.22. The highest BCUT2D eigenvalue weighted by Crippen LogP contribution is 2.01. The Balaban J connectivity index is 2.77. The molecule has 0 N–H and O–H groups in total. The lowest BCUT2D eigenvalue weighted by atomic mass is 10.4. The lowest BCUT2D eigenvalue weighted by Crippen LogP contribution is -1.94. The summed E-state index contributed by atoms with van der Waals surface area (Å²) in [6.07, 6.45) is 4.15. The van der Waals surface area contributed by atoms with Gasteiger partial charge < -0.3 is 4.57 Å². The van der Waals surface area contributed by atoms with Gasteiger partial charge in [-0.3, -0.25) is 0 Å². The summed E-state index contributed by atoms with van der Waals surface area (Å²) < 4.78 is 2.17. The molecule has 0 bridgehead atoms. The van der Waals surface area contributed by atoms with Crippen LogP contribution in [0.2, 0.25) is 0 Å². The van der Waals surface area contributed by atoms with Crippen molar-refractivity contribution in [2.24, 2.45) is 0 Å². The maximum absolute atomic E-state index is 2.17. The molecule has 8 heavy (non-hydrogen) atoms. The molecule has 0 fully saturated rings. The third kappa shape index (κ3) is 0.915. The summed E-state index contributed by atoms with van der Waals surface area (Å²) in [4.78, 5) is 0. The zero-order valence-corrected chi connectivity index (χ0v) is 5.33. The summed E-state index contributed by atoms with van der Waals surface area (Å²) in [6.45, 7) is 4.33. The van der Waals surface area contributed by atoms with Crippen molar-refractivity contribution >= 4 is 0 Å². The van der Waals surface area contributed by atoms with E-state index in [-0.39, 0.29) is 0 Å². The topological polar surface area (TPSA) is 4.93 Å². The Bertz CT molecular complexity index is 139. The Morgan fingerprint density at radius 1 is 1.12 bits per heavy atom. The van der Waals surface area contributed by atoms with E-state index in [1.165, 1.54) is 0 Å². The lowest BCUT2D eigenvalue weighted by molar-refractivity contribution is 0.604. The SMILES string of the molecule is CC(C)n1cccc1. The van der Waals surface area contributed by atoms with Crippen LogP contribution in [0, 0.1) is 0 Å². The van der Waals surface area contributed by atoms with Crippen molar-refractivity contribution < 1.29 is 0 Å². The average molecular weight is 109 g/mol. The van der Waals surface area contributed by atoms with Gasteiger partial charge >= 0.3 is 0 Å². The first-order valence-corrected chi connectivity index (χ1v) is 2.93. The number of hydrogen-bond acceptors (Lipinski definition) is 0. The van der Waals surface area contributed by atoms with Gasteiger partial charge in [0.1, 0.15) is 0 Å². The van der Waals surface area contributed by atoms with Crippen LogP contribution in [0.4, 0.5) is 0 Å². The second-order valence-corrected chi connectivity index (χ2v) is 2.22. The fourth-order valence-electron chi connectivity index (χ4n) is 0.692. The van der Waals surface area contributed by atoms with Crippen LogP contribution in [-0.2, 0) is 0 Å². The molecule has 0 amide bonds. The van der Waals surface area contributed by atoms with Gasteiger partial charge in [-0.1, -0.05) is 0 Å². The van der Waals surface area contributed by atoms with Crippen LogP contribution in [0.5, 0.6) is 0 Å². The highest BCUT2D eigenvalue weighted by molar-refractivity contribution is 4.91. The Morgan fingerprint density at radius 2 is 1.62 bits per heavy atom. The fraction of sp³-hybridized carbons (Fsp3) is 0.429. The molecule has 0 aliphatic heterocycles. The van der Waals surface area contributed by atoms with Crippen LogP contribution in [0.15, 0.2) is 24.5 Å². The molecule has 0 radical (unpaired) electrons. The standard InChI is InChI=1S/C7H11N/c1-7(2)8-5-3-4-6-8/h3-7H,1-2H3. The van der Waals surface area contributed by atoms with Gasteiger partial charge in [-0.15, -0.1) is 0 Å². The molecular weight excluding hydrogens is 98.1 g/mol. The third-order valence-electron chi connectivity index (χ3n) is 1.22. The van der Waals surface area contributed by atoms with Crippen molar-refractivity contribution in [3.05, 3.63) is 24.5 Å². The maximum Gasteiger partial charge on any atom is 0.0274 e. The van der Waals surface area contributed by atoms with Gasteiger partial charge in [-0.2, -0.15) is 0 Å². The first kappa shape index (κ1) is 5.42. The van der Waals surface area contributed by atoms with Crippen LogP contribution in [-0.4, -0.2) is 4.57 Å². The smallest absolute Gasteiger partial charge is 0.0274 e. The lowest BCUT2D eigenvalue weighted by Gasteiger charge is -2.03. The summed E-state index contributed by atoms with van der Waals surface area (Å²) in [5, 5.41) is 0. The molecule has 0 aliphatic carbocycles. The maximum atomic E-state index is 2.17. The summed E-state index contributed by atoms with van der Waals surface area (Å²) in [6, 6.07) is 4.69. The minimum Gasteiger partial charge on any atom is -0.352 e. The van der Waals surface area contributed by atoms with E-state index in [4.69, 9.17) is 0 Å². The van der Waals surface area contributed by atoms with E-state index in [1.807, 2.05) is 12.1 Å². The molecule has 44 valence electrons. The summed E-state index contributed by atoms with van der Waals surface area (Å²) >= 11 is 0.